The van der Waals surface area contributed by atoms with Crippen LogP contribution < -0.4 is 30.3 Å². The van der Waals surface area contributed by atoms with E-state index in [0.717, 1.165) is 70.1 Å². The number of pyridine rings is 2. The van der Waals surface area contributed by atoms with Crippen LogP contribution in [0.5, 0.6) is 11.5 Å². The molecule has 4 aliphatic rings. The zero-order chi connectivity index (χ0) is 47.2. The molecule has 18 heteroatoms. The highest BCUT2D eigenvalue weighted by Gasteiger charge is 2.47. The van der Waals surface area contributed by atoms with Gasteiger partial charge in [-0.25, -0.2) is 18.0 Å². The number of carboxylic acid groups (broad SMARTS) is 1. The van der Waals surface area contributed by atoms with Gasteiger partial charge in [-0.3, -0.25) is 29.0 Å². The first kappa shape index (κ1) is 48.0. The number of aromatic nitrogens is 2. The summed E-state index contributed by atoms with van der Waals surface area (Å²) in [6.07, 6.45) is 9.14. The summed E-state index contributed by atoms with van der Waals surface area (Å²) in [4.78, 5) is 49.5. The number of rotatable bonds is 14. The average molecular weight is 1030 g/mol. The van der Waals surface area contributed by atoms with Crippen molar-refractivity contribution < 1.29 is 46.8 Å². The maximum absolute atomic E-state index is 12.9. The predicted molar refractivity (Wildman–Crippen MR) is 254 cm³/mol. The summed E-state index contributed by atoms with van der Waals surface area (Å²) in [5.74, 6) is -0.758. The van der Waals surface area contributed by atoms with Gasteiger partial charge in [-0.1, -0.05) is 0 Å². The number of halogens is 1. The number of benzene rings is 2. The Morgan fingerprint density at radius 2 is 1.22 bits per heavy atom. The van der Waals surface area contributed by atoms with Gasteiger partial charge < -0.3 is 28.8 Å². The van der Waals surface area contributed by atoms with Crippen LogP contribution in [0.3, 0.4) is 0 Å². The fourth-order valence-electron chi connectivity index (χ4n) is 9.51. The summed E-state index contributed by atoms with van der Waals surface area (Å²) in [7, 11) is -0.364. The van der Waals surface area contributed by atoms with E-state index < -0.39 is 27.2 Å². The quantitative estimate of drug-likeness (QED) is 0.0784. The summed E-state index contributed by atoms with van der Waals surface area (Å²) in [5.41, 5.74) is 3.18. The number of hydrogen-bond acceptors (Lipinski definition) is 13. The second-order valence-electron chi connectivity index (χ2n) is 17.9. The van der Waals surface area contributed by atoms with E-state index in [1.54, 1.807) is 50.2 Å². The van der Waals surface area contributed by atoms with Gasteiger partial charge in [-0.15, -0.1) is 0 Å². The standard InChI is InChI=1S/C24H29IN2O5.C23H28N2O7S/c1-5-31-23(29)17-14-26-20(13-21(17)28)15-11-18(25)22(32-10-6-9-30-4)12-16(15)19-7-8-24(2,3)27(19)26;1-23(2)7-6-17-14-10-20(32-9-5-8-31-3)21(33(4,29)30)11-15(14)18-12-19(26)16(22(27)28)13-24(18)25(17)23/h11-14,19H,5-10H2,1-4H3;10-13,17H,5-9H2,1-4H3,(H,27,28)/t19-;17-/m11/s1. The number of nitrogens with zero attached hydrogens (tertiary/aromatic N) is 4. The maximum Gasteiger partial charge on any atom is 0.343 e. The van der Waals surface area contributed by atoms with Crippen LogP contribution >= 0.6 is 22.6 Å². The Morgan fingerprint density at radius 1 is 0.738 bits per heavy atom. The molecule has 0 saturated carbocycles. The lowest BCUT2D eigenvalue weighted by molar-refractivity contribution is 0.0523. The van der Waals surface area contributed by atoms with Crippen LogP contribution in [0.1, 0.15) is 117 Å². The molecular weight excluding hydrogens is 972 g/mol. The lowest BCUT2D eigenvalue weighted by Crippen LogP contribution is -2.50. The minimum absolute atomic E-state index is 0.0330. The number of esters is 1. The molecule has 2 saturated heterocycles. The molecule has 2 aromatic carbocycles. The van der Waals surface area contributed by atoms with E-state index in [4.69, 9.17) is 23.7 Å². The number of aromatic carboxylic acids is 1. The third-order valence-corrected chi connectivity index (χ3v) is 14.5. The topological polar surface area (TPSA) is 185 Å². The van der Waals surface area contributed by atoms with E-state index in [9.17, 15) is 32.7 Å². The van der Waals surface area contributed by atoms with Crippen molar-refractivity contribution in [2.75, 3.05) is 63.5 Å². The lowest BCUT2D eigenvalue weighted by Gasteiger charge is -2.44. The van der Waals surface area contributed by atoms with E-state index in [-0.39, 0.29) is 57.0 Å². The molecule has 0 aliphatic carbocycles. The van der Waals surface area contributed by atoms with Gasteiger partial charge in [0.1, 0.15) is 27.5 Å². The van der Waals surface area contributed by atoms with Crippen molar-refractivity contribution in [2.24, 2.45) is 0 Å². The number of fused-ring (bicyclic) bond motifs is 12. The smallest absolute Gasteiger partial charge is 0.343 e. The first-order valence-corrected chi connectivity index (χ1v) is 24.7. The van der Waals surface area contributed by atoms with Gasteiger partial charge >= 0.3 is 11.9 Å². The largest absolute Gasteiger partial charge is 0.492 e. The first-order chi connectivity index (χ1) is 30.7. The van der Waals surface area contributed by atoms with Crippen LogP contribution in [0.15, 0.2) is 63.3 Å². The normalized spacial score (nSPS) is 18.2. The highest BCUT2D eigenvalue weighted by Crippen LogP contribution is 2.51. The van der Waals surface area contributed by atoms with Gasteiger partial charge in [-0.2, -0.15) is 0 Å². The molecule has 0 amide bonds. The second kappa shape index (κ2) is 18.8. The average Bonchev–Trinajstić information content (AvgIpc) is 3.75. The predicted octanol–water partition coefficient (Wildman–Crippen LogP) is 6.87. The number of hydrogen-bond donors (Lipinski definition) is 1. The Bertz CT molecular complexity index is 2750. The summed E-state index contributed by atoms with van der Waals surface area (Å²) in [6, 6.07) is 10.4. The van der Waals surface area contributed by atoms with Crippen molar-refractivity contribution in [1.82, 2.24) is 9.35 Å². The Balaban J connectivity index is 0.000000194. The van der Waals surface area contributed by atoms with Crippen molar-refractivity contribution in [3.8, 4) is 34.0 Å². The zero-order valence-electron chi connectivity index (χ0n) is 38.1. The molecule has 65 heavy (non-hydrogen) atoms. The van der Waals surface area contributed by atoms with Crippen molar-refractivity contribution in [3.05, 3.63) is 95.1 Å². The van der Waals surface area contributed by atoms with Crippen LogP contribution in [-0.4, -0.2) is 99.4 Å². The molecule has 0 spiro atoms. The number of carboxylic acids is 1. The Kier molecular flexibility index (Phi) is 13.9. The van der Waals surface area contributed by atoms with Gasteiger partial charge in [0.15, 0.2) is 20.7 Å². The highest BCUT2D eigenvalue weighted by atomic mass is 127. The van der Waals surface area contributed by atoms with Crippen LogP contribution in [0.4, 0.5) is 0 Å². The molecule has 0 radical (unpaired) electrons. The summed E-state index contributed by atoms with van der Waals surface area (Å²) >= 11 is 2.28. The molecule has 4 aromatic rings. The molecule has 8 rings (SSSR count). The SMILES string of the molecule is CCOC(=O)c1cn2c(cc1=O)-c1cc(I)c(OCCCOC)cc1[C@H]1CCC(C)(C)N12.COCCCOc1cc2c(cc1S(C)(=O)=O)-c1cc(=O)c(C(=O)O)cn1N1[C@@H]2CCC1(C)C. The number of sulfone groups is 1. The van der Waals surface area contributed by atoms with Crippen LogP contribution in [0.25, 0.3) is 22.5 Å². The number of methoxy groups -OCH3 is 2. The monoisotopic (exact) mass is 1030 g/mol. The van der Waals surface area contributed by atoms with Gasteiger partial charge in [0.25, 0.3) is 0 Å². The molecule has 2 aromatic heterocycles. The van der Waals surface area contributed by atoms with Gasteiger partial charge in [-0.05, 0) is 118 Å². The first-order valence-electron chi connectivity index (χ1n) is 21.7. The fourth-order valence-corrected chi connectivity index (χ4v) is 10.9. The van der Waals surface area contributed by atoms with Crippen molar-refractivity contribution in [2.45, 2.75) is 101 Å². The number of carbonyl (C=O) groups is 2. The van der Waals surface area contributed by atoms with Gasteiger partial charge in [0.05, 0.1) is 57.9 Å². The van der Waals surface area contributed by atoms with Crippen molar-refractivity contribution >= 4 is 44.4 Å². The molecule has 2 fully saturated rings. The zero-order valence-corrected chi connectivity index (χ0v) is 41.0. The van der Waals surface area contributed by atoms with E-state index in [0.29, 0.717) is 44.1 Å². The molecule has 1 N–H and O–H groups in total. The van der Waals surface area contributed by atoms with Crippen LogP contribution in [0, 0.1) is 3.57 Å². The molecule has 2 atom stereocenters. The lowest BCUT2D eigenvalue weighted by atomic mass is 9.94. The summed E-state index contributed by atoms with van der Waals surface area (Å²) < 4.78 is 57.1. The van der Waals surface area contributed by atoms with Crippen molar-refractivity contribution in [1.29, 1.82) is 0 Å². The van der Waals surface area contributed by atoms with E-state index in [1.807, 2.05) is 4.68 Å². The minimum Gasteiger partial charge on any atom is -0.492 e. The third-order valence-electron chi connectivity index (χ3n) is 12.5. The molecular formula is C47H57IN4O12S. The minimum atomic E-state index is -3.64. The number of ether oxygens (including phenoxy) is 5. The fraction of sp³-hybridized carbons (Fsp3) is 0.489. The maximum atomic E-state index is 12.9. The number of carbonyl (C=O) groups excluding carboxylic acids is 1. The second-order valence-corrected chi connectivity index (χ2v) is 21.1. The summed E-state index contributed by atoms with van der Waals surface area (Å²) in [5, 5.41) is 13.9. The molecule has 0 unspecified atom stereocenters. The summed E-state index contributed by atoms with van der Waals surface area (Å²) in [6.45, 7) is 12.5. The Labute approximate surface area is 392 Å². The Morgan fingerprint density at radius 3 is 1.71 bits per heavy atom. The van der Waals surface area contributed by atoms with E-state index in [1.165, 1.54) is 12.3 Å². The van der Waals surface area contributed by atoms with Crippen LogP contribution in [-0.2, 0) is 24.0 Å². The van der Waals surface area contributed by atoms with Gasteiger partial charge in [0.2, 0.25) is 0 Å². The molecule has 350 valence electrons. The molecule has 0 bridgehead atoms. The van der Waals surface area contributed by atoms with E-state index >= 15 is 0 Å². The third kappa shape index (κ3) is 9.27. The van der Waals surface area contributed by atoms with Crippen LogP contribution in [0.2, 0.25) is 0 Å². The molecule has 4 aliphatic heterocycles. The molecule has 6 heterocycles. The van der Waals surface area contributed by atoms with Gasteiger partial charge in [0, 0.05) is 82.2 Å². The molecule has 16 nitrogen and oxygen atoms in total. The van der Waals surface area contributed by atoms with E-state index in [2.05, 4.69) is 72.4 Å². The van der Waals surface area contributed by atoms with Crippen molar-refractivity contribution in [3.63, 3.8) is 0 Å². The highest BCUT2D eigenvalue weighted by molar-refractivity contribution is 14.1. The Hall–Kier alpha value is -4.92.